The summed E-state index contributed by atoms with van der Waals surface area (Å²) in [5.74, 6) is 0.777. The molecule has 1 N–H and O–H groups in total. The molecule has 1 aromatic rings. The van der Waals surface area contributed by atoms with Crippen LogP contribution < -0.4 is 0 Å². The van der Waals surface area contributed by atoms with Crippen molar-refractivity contribution in [1.29, 1.82) is 0 Å². The Kier molecular flexibility index (Phi) is 3.90. The Morgan fingerprint density at radius 2 is 2.00 bits per heavy atom. The summed E-state index contributed by atoms with van der Waals surface area (Å²) in [5.41, 5.74) is 2.52. The van der Waals surface area contributed by atoms with Gasteiger partial charge in [-0.15, -0.1) is 0 Å². The van der Waals surface area contributed by atoms with Crippen LogP contribution in [0.1, 0.15) is 49.8 Å². The van der Waals surface area contributed by atoms with Crippen molar-refractivity contribution in [3.8, 4) is 0 Å². The molecule has 1 fully saturated rings. The van der Waals surface area contributed by atoms with E-state index in [-0.39, 0.29) is 6.10 Å². The average Bonchev–Trinajstić information content (AvgIpc) is 2.59. The SMILES string of the molecule is CC1CCCN(C2CCCc3ccccc3C2O)C1. The topological polar surface area (TPSA) is 23.5 Å². The van der Waals surface area contributed by atoms with E-state index in [4.69, 9.17) is 0 Å². The zero-order valence-electron chi connectivity index (χ0n) is 11.9. The lowest BCUT2D eigenvalue weighted by Crippen LogP contribution is -2.44. The second-order valence-electron chi connectivity index (χ2n) is 6.35. The Hall–Kier alpha value is -0.860. The molecule has 3 unspecified atom stereocenters. The highest BCUT2D eigenvalue weighted by Crippen LogP contribution is 2.33. The molecule has 0 saturated carbocycles. The van der Waals surface area contributed by atoms with Crippen molar-refractivity contribution in [3.63, 3.8) is 0 Å². The number of likely N-dealkylation sites (tertiary alicyclic amines) is 1. The van der Waals surface area contributed by atoms with E-state index in [0.29, 0.717) is 6.04 Å². The third-order valence-corrected chi connectivity index (χ3v) is 4.84. The number of fused-ring (bicyclic) bond motifs is 1. The zero-order chi connectivity index (χ0) is 13.2. The standard InChI is InChI=1S/C17H25NO/c1-13-6-5-11-18(12-13)16-10-4-8-14-7-2-3-9-15(14)17(16)19/h2-3,7,9,13,16-17,19H,4-6,8,10-12H2,1H3. The summed E-state index contributed by atoms with van der Waals surface area (Å²) in [4.78, 5) is 2.54. The normalized spacial score (nSPS) is 32.6. The highest BCUT2D eigenvalue weighted by atomic mass is 16.3. The molecule has 3 atom stereocenters. The predicted octanol–water partition coefficient (Wildman–Crippen LogP) is 3.16. The number of rotatable bonds is 1. The molecule has 1 aliphatic carbocycles. The maximum absolute atomic E-state index is 10.8. The molecule has 19 heavy (non-hydrogen) atoms. The molecule has 2 aliphatic rings. The Morgan fingerprint density at radius 1 is 1.16 bits per heavy atom. The largest absolute Gasteiger partial charge is 0.387 e. The summed E-state index contributed by atoms with van der Waals surface area (Å²) >= 11 is 0. The maximum Gasteiger partial charge on any atom is 0.0947 e. The molecule has 0 bridgehead atoms. The van der Waals surface area contributed by atoms with Gasteiger partial charge in [0.2, 0.25) is 0 Å². The molecular weight excluding hydrogens is 234 g/mol. The van der Waals surface area contributed by atoms with Gasteiger partial charge in [0.25, 0.3) is 0 Å². The number of aryl methyl sites for hydroxylation is 1. The molecule has 1 aromatic carbocycles. The van der Waals surface area contributed by atoms with Gasteiger partial charge < -0.3 is 5.11 Å². The van der Waals surface area contributed by atoms with Crippen LogP contribution in [0.25, 0.3) is 0 Å². The molecule has 3 rings (SSSR count). The van der Waals surface area contributed by atoms with Crippen LogP contribution >= 0.6 is 0 Å². The Morgan fingerprint density at radius 3 is 2.84 bits per heavy atom. The van der Waals surface area contributed by atoms with Crippen LogP contribution in [0, 0.1) is 5.92 Å². The molecule has 0 spiro atoms. The zero-order valence-corrected chi connectivity index (χ0v) is 11.9. The van der Waals surface area contributed by atoms with Gasteiger partial charge >= 0.3 is 0 Å². The van der Waals surface area contributed by atoms with E-state index in [1.807, 2.05) is 0 Å². The molecule has 1 aliphatic heterocycles. The highest BCUT2D eigenvalue weighted by Gasteiger charge is 2.32. The second-order valence-corrected chi connectivity index (χ2v) is 6.35. The lowest BCUT2D eigenvalue weighted by molar-refractivity contribution is 0.0229. The van der Waals surface area contributed by atoms with Crippen LogP contribution in [0.2, 0.25) is 0 Å². The van der Waals surface area contributed by atoms with E-state index in [2.05, 4.69) is 36.1 Å². The molecule has 2 nitrogen and oxygen atoms in total. The predicted molar refractivity (Wildman–Crippen MR) is 78.1 cm³/mol. The minimum atomic E-state index is -0.302. The van der Waals surface area contributed by atoms with Gasteiger partial charge in [0.1, 0.15) is 0 Å². The first-order chi connectivity index (χ1) is 9.25. The van der Waals surface area contributed by atoms with Crippen molar-refractivity contribution in [3.05, 3.63) is 35.4 Å². The van der Waals surface area contributed by atoms with Crippen molar-refractivity contribution in [2.75, 3.05) is 13.1 Å². The lowest BCUT2D eigenvalue weighted by atomic mass is 9.93. The van der Waals surface area contributed by atoms with Gasteiger partial charge in [-0.1, -0.05) is 31.2 Å². The number of aliphatic hydroxyl groups excluding tert-OH is 1. The summed E-state index contributed by atoms with van der Waals surface area (Å²) in [6.07, 6.45) is 5.77. The van der Waals surface area contributed by atoms with E-state index in [1.165, 1.54) is 30.4 Å². The molecule has 1 saturated heterocycles. The molecular formula is C17H25NO. The maximum atomic E-state index is 10.8. The summed E-state index contributed by atoms with van der Waals surface area (Å²) < 4.78 is 0. The number of nitrogens with zero attached hydrogens (tertiary/aromatic N) is 1. The number of benzene rings is 1. The number of aliphatic hydroxyl groups is 1. The van der Waals surface area contributed by atoms with E-state index in [1.54, 1.807) is 0 Å². The highest BCUT2D eigenvalue weighted by molar-refractivity contribution is 5.31. The van der Waals surface area contributed by atoms with Gasteiger partial charge in [0.05, 0.1) is 6.10 Å². The molecule has 104 valence electrons. The summed E-state index contributed by atoms with van der Waals surface area (Å²) in [6.45, 7) is 4.65. The quantitative estimate of drug-likeness (QED) is 0.783. The van der Waals surface area contributed by atoms with Crippen LogP contribution in [-0.2, 0) is 6.42 Å². The first-order valence-corrected chi connectivity index (χ1v) is 7.75. The van der Waals surface area contributed by atoms with Crippen LogP contribution in [-0.4, -0.2) is 29.1 Å². The van der Waals surface area contributed by atoms with Gasteiger partial charge in [-0.25, -0.2) is 0 Å². The van der Waals surface area contributed by atoms with Gasteiger partial charge in [-0.05, 0) is 55.7 Å². The first kappa shape index (κ1) is 13.1. The number of hydrogen-bond donors (Lipinski definition) is 1. The summed E-state index contributed by atoms with van der Waals surface area (Å²) in [5, 5.41) is 10.8. The first-order valence-electron chi connectivity index (χ1n) is 7.75. The fourth-order valence-corrected chi connectivity index (χ4v) is 3.83. The Labute approximate surface area is 116 Å². The molecule has 1 heterocycles. The fourth-order valence-electron chi connectivity index (χ4n) is 3.83. The van der Waals surface area contributed by atoms with E-state index < -0.39 is 0 Å². The van der Waals surface area contributed by atoms with E-state index in [0.717, 1.165) is 31.8 Å². The molecule has 0 aromatic heterocycles. The van der Waals surface area contributed by atoms with E-state index >= 15 is 0 Å². The smallest absolute Gasteiger partial charge is 0.0947 e. The Balaban J connectivity index is 1.83. The van der Waals surface area contributed by atoms with Crippen LogP contribution in [0.3, 0.4) is 0 Å². The van der Waals surface area contributed by atoms with Gasteiger partial charge in [-0.3, -0.25) is 4.90 Å². The summed E-state index contributed by atoms with van der Waals surface area (Å²) in [6, 6.07) is 8.77. The third-order valence-electron chi connectivity index (χ3n) is 4.84. The van der Waals surface area contributed by atoms with Gasteiger partial charge in [-0.2, -0.15) is 0 Å². The fraction of sp³-hybridized carbons (Fsp3) is 0.647. The van der Waals surface area contributed by atoms with Crippen molar-refractivity contribution >= 4 is 0 Å². The van der Waals surface area contributed by atoms with Crippen LogP contribution in [0.4, 0.5) is 0 Å². The minimum Gasteiger partial charge on any atom is -0.387 e. The Bertz CT molecular complexity index is 431. The minimum absolute atomic E-state index is 0.302. The monoisotopic (exact) mass is 259 g/mol. The van der Waals surface area contributed by atoms with Crippen molar-refractivity contribution < 1.29 is 5.11 Å². The van der Waals surface area contributed by atoms with Gasteiger partial charge in [0, 0.05) is 12.6 Å². The second kappa shape index (κ2) is 5.64. The van der Waals surface area contributed by atoms with Gasteiger partial charge in [0.15, 0.2) is 0 Å². The summed E-state index contributed by atoms with van der Waals surface area (Å²) in [7, 11) is 0. The van der Waals surface area contributed by atoms with Crippen LogP contribution in [0.15, 0.2) is 24.3 Å². The molecule has 0 radical (unpaired) electrons. The van der Waals surface area contributed by atoms with Crippen molar-refractivity contribution in [2.45, 2.75) is 51.2 Å². The lowest BCUT2D eigenvalue weighted by Gasteiger charge is -2.39. The van der Waals surface area contributed by atoms with Crippen molar-refractivity contribution in [2.24, 2.45) is 5.92 Å². The van der Waals surface area contributed by atoms with E-state index in [9.17, 15) is 5.11 Å². The molecule has 0 amide bonds. The van der Waals surface area contributed by atoms with Crippen LogP contribution in [0.5, 0.6) is 0 Å². The van der Waals surface area contributed by atoms with Crippen molar-refractivity contribution in [1.82, 2.24) is 4.90 Å². The molecule has 2 heteroatoms. The number of hydrogen-bond acceptors (Lipinski definition) is 2. The average molecular weight is 259 g/mol. The number of piperidine rings is 1. The third kappa shape index (κ3) is 2.70.